The topological polar surface area (TPSA) is 12.0 Å². The highest BCUT2D eigenvalue weighted by molar-refractivity contribution is 4.96. The van der Waals surface area contributed by atoms with Crippen LogP contribution in [0.5, 0.6) is 0 Å². The average Bonchev–Trinajstić information content (AvgIpc) is 2.03. The van der Waals surface area contributed by atoms with Crippen molar-refractivity contribution in [1.82, 2.24) is 5.32 Å². The minimum atomic E-state index is 0.409. The van der Waals surface area contributed by atoms with E-state index in [0.29, 0.717) is 11.5 Å². The Balaban J connectivity index is 3.83. The molecule has 13 heavy (non-hydrogen) atoms. The zero-order valence-corrected chi connectivity index (χ0v) is 9.70. The molecule has 1 unspecified atom stereocenters. The van der Waals surface area contributed by atoms with Crippen molar-refractivity contribution in [2.45, 2.75) is 53.0 Å². The summed E-state index contributed by atoms with van der Waals surface area (Å²) in [6.45, 7) is 8.77. The van der Waals surface area contributed by atoms with Crippen molar-refractivity contribution in [3.8, 4) is 11.8 Å². The summed E-state index contributed by atoms with van der Waals surface area (Å²) < 4.78 is 0. The predicted molar refractivity (Wildman–Crippen MR) is 59.6 cm³/mol. The van der Waals surface area contributed by atoms with Crippen LogP contribution in [-0.2, 0) is 0 Å². The second kappa shape index (κ2) is 6.05. The van der Waals surface area contributed by atoms with Crippen molar-refractivity contribution in [1.29, 1.82) is 0 Å². The molecule has 1 heteroatoms. The molecule has 0 spiro atoms. The third-order valence-corrected chi connectivity index (χ3v) is 2.46. The van der Waals surface area contributed by atoms with E-state index < -0.39 is 0 Å². The summed E-state index contributed by atoms with van der Waals surface area (Å²) in [5, 5.41) is 3.28. The van der Waals surface area contributed by atoms with Crippen molar-refractivity contribution in [2.75, 3.05) is 7.05 Å². The molecular weight excluding hydrogens is 158 g/mol. The number of nitrogens with one attached hydrogen (secondary N) is 1. The fourth-order valence-corrected chi connectivity index (χ4v) is 1.56. The van der Waals surface area contributed by atoms with E-state index in [9.17, 15) is 0 Å². The third-order valence-electron chi connectivity index (χ3n) is 2.46. The van der Waals surface area contributed by atoms with E-state index in [0.717, 1.165) is 6.42 Å². The van der Waals surface area contributed by atoms with Crippen LogP contribution in [-0.4, -0.2) is 13.1 Å². The lowest BCUT2D eigenvalue weighted by Gasteiger charge is -2.27. The van der Waals surface area contributed by atoms with Crippen LogP contribution >= 0.6 is 0 Å². The van der Waals surface area contributed by atoms with Crippen LogP contribution in [0.2, 0.25) is 0 Å². The number of rotatable bonds is 5. The first-order valence-electron chi connectivity index (χ1n) is 5.08. The lowest BCUT2D eigenvalue weighted by molar-refractivity contribution is 0.277. The van der Waals surface area contributed by atoms with Gasteiger partial charge in [-0.25, -0.2) is 0 Å². The highest BCUT2D eigenvalue weighted by atomic mass is 14.9. The van der Waals surface area contributed by atoms with E-state index in [1.54, 1.807) is 0 Å². The fourth-order valence-electron chi connectivity index (χ4n) is 1.56. The SMILES string of the molecule is CC#CCCC(C)(C)CC(C)NC. The maximum absolute atomic E-state index is 3.28. The van der Waals surface area contributed by atoms with E-state index in [4.69, 9.17) is 0 Å². The summed E-state index contributed by atoms with van der Waals surface area (Å²) in [7, 11) is 2.02. The molecule has 0 aliphatic rings. The summed E-state index contributed by atoms with van der Waals surface area (Å²) in [6.07, 6.45) is 3.44. The van der Waals surface area contributed by atoms with Gasteiger partial charge in [0.15, 0.2) is 0 Å². The Bertz CT molecular complexity index is 183. The molecule has 0 aliphatic heterocycles. The number of hydrogen-bond acceptors (Lipinski definition) is 1. The van der Waals surface area contributed by atoms with Crippen LogP contribution in [0, 0.1) is 17.3 Å². The number of hydrogen-bond donors (Lipinski definition) is 1. The van der Waals surface area contributed by atoms with E-state index in [-0.39, 0.29) is 0 Å². The molecule has 0 saturated heterocycles. The Hall–Kier alpha value is -0.480. The maximum atomic E-state index is 3.28. The Morgan fingerprint density at radius 3 is 2.46 bits per heavy atom. The summed E-state index contributed by atoms with van der Waals surface area (Å²) in [5.74, 6) is 6.07. The second-order valence-electron chi connectivity index (χ2n) is 4.48. The van der Waals surface area contributed by atoms with Crippen molar-refractivity contribution in [3.63, 3.8) is 0 Å². The summed E-state index contributed by atoms with van der Waals surface area (Å²) in [4.78, 5) is 0. The molecule has 76 valence electrons. The molecule has 0 heterocycles. The minimum absolute atomic E-state index is 0.409. The molecule has 0 aromatic heterocycles. The minimum Gasteiger partial charge on any atom is -0.317 e. The monoisotopic (exact) mass is 181 g/mol. The predicted octanol–water partition coefficient (Wildman–Crippen LogP) is 2.81. The van der Waals surface area contributed by atoms with Gasteiger partial charge in [0.2, 0.25) is 0 Å². The molecule has 0 rings (SSSR count). The fraction of sp³-hybridized carbons (Fsp3) is 0.833. The normalized spacial score (nSPS) is 13.3. The van der Waals surface area contributed by atoms with Gasteiger partial charge in [0.25, 0.3) is 0 Å². The van der Waals surface area contributed by atoms with Gasteiger partial charge >= 0.3 is 0 Å². The highest BCUT2D eigenvalue weighted by Crippen LogP contribution is 2.27. The molecule has 0 aromatic rings. The zero-order chi connectivity index (χ0) is 10.3. The Morgan fingerprint density at radius 2 is 2.00 bits per heavy atom. The van der Waals surface area contributed by atoms with Gasteiger partial charge in [0.05, 0.1) is 0 Å². The van der Waals surface area contributed by atoms with Crippen molar-refractivity contribution >= 4 is 0 Å². The van der Waals surface area contributed by atoms with Crippen LogP contribution in [0.15, 0.2) is 0 Å². The lowest BCUT2D eigenvalue weighted by atomic mass is 9.82. The molecule has 1 N–H and O–H groups in total. The largest absolute Gasteiger partial charge is 0.317 e. The van der Waals surface area contributed by atoms with Crippen molar-refractivity contribution in [3.05, 3.63) is 0 Å². The van der Waals surface area contributed by atoms with Gasteiger partial charge < -0.3 is 5.32 Å². The highest BCUT2D eigenvalue weighted by Gasteiger charge is 2.19. The van der Waals surface area contributed by atoms with E-state index in [2.05, 4.69) is 37.9 Å². The van der Waals surface area contributed by atoms with Crippen LogP contribution < -0.4 is 5.32 Å². The van der Waals surface area contributed by atoms with Gasteiger partial charge in [-0.05, 0) is 39.2 Å². The van der Waals surface area contributed by atoms with Crippen molar-refractivity contribution in [2.24, 2.45) is 5.41 Å². The quantitative estimate of drug-likeness (QED) is 0.643. The molecule has 0 amide bonds. The lowest BCUT2D eigenvalue weighted by Crippen LogP contribution is -2.28. The van der Waals surface area contributed by atoms with Gasteiger partial charge in [0.1, 0.15) is 0 Å². The van der Waals surface area contributed by atoms with E-state index in [1.165, 1.54) is 12.8 Å². The molecular formula is C12H23N. The van der Waals surface area contributed by atoms with Gasteiger partial charge in [-0.2, -0.15) is 0 Å². The standard InChI is InChI=1S/C12H23N/c1-6-7-8-9-12(3,4)10-11(2)13-5/h11,13H,8-10H2,1-5H3. The average molecular weight is 181 g/mol. The van der Waals surface area contributed by atoms with Crippen LogP contribution in [0.25, 0.3) is 0 Å². The maximum Gasteiger partial charge on any atom is 0.00936 e. The summed E-state index contributed by atoms with van der Waals surface area (Å²) in [6, 6.07) is 0.601. The zero-order valence-electron chi connectivity index (χ0n) is 9.70. The molecule has 0 aliphatic carbocycles. The molecule has 0 bridgehead atoms. The van der Waals surface area contributed by atoms with E-state index >= 15 is 0 Å². The molecule has 0 aromatic carbocycles. The Kier molecular flexibility index (Phi) is 5.82. The third kappa shape index (κ3) is 6.66. The molecule has 1 atom stereocenters. The second-order valence-corrected chi connectivity index (χ2v) is 4.48. The van der Waals surface area contributed by atoms with E-state index in [1.807, 2.05) is 14.0 Å². The molecule has 0 saturated carbocycles. The first-order chi connectivity index (χ1) is 6.02. The van der Waals surface area contributed by atoms with Crippen LogP contribution in [0.1, 0.15) is 47.0 Å². The summed E-state index contributed by atoms with van der Waals surface area (Å²) >= 11 is 0. The van der Waals surface area contributed by atoms with Gasteiger partial charge in [-0.15, -0.1) is 11.8 Å². The first kappa shape index (κ1) is 12.5. The Labute approximate surface area is 83.3 Å². The van der Waals surface area contributed by atoms with Gasteiger partial charge in [-0.1, -0.05) is 13.8 Å². The molecule has 1 nitrogen and oxygen atoms in total. The summed E-state index contributed by atoms with van der Waals surface area (Å²) in [5.41, 5.74) is 0.409. The van der Waals surface area contributed by atoms with Crippen molar-refractivity contribution < 1.29 is 0 Å². The van der Waals surface area contributed by atoms with Crippen LogP contribution in [0.4, 0.5) is 0 Å². The van der Waals surface area contributed by atoms with Crippen LogP contribution in [0.3, 0.4) is 0 Å². The van der Waals surface area contributed by atoms with Gasteiger partial charge in [-0.3, -0.25) is 0 Å². The Morgan fingerprint density at radius 1 is 1.38 bits per heavy atom. The van der Waals surface area contributed by atoms with Gasteiger partial charge in [0, 0.05) is 12.5 Å². The smallest absolute Gasteiger partial charge is 0.00936 e. The first-order valence-corrected chi connectivity index (χ1v) is 5.08. The molecule has 0 fully saturated rings. The molecule has 0 radical (unpaired) electrons.